The van der Waals surface area contributed by atoms with Crippen molar-refractivity contribution in [2.45, 2.75) is 0 Å². The minimum Gasteiger partial charge on any atom is -0.253 e. The number of fused-ring (bicyclic) bond motifs is 8. The molecule has 3 nitrogen and oxygen atoms in total. The molecule has 0 aliphatic carbocycles. The van der Waals surface area contributed by atoms with Gasteiger partial charge in [0.25, 0.3) is 0 Å². The van der Waals surface area contributed by atoms with Gasteiger partial charge in [0.05, 0.1) is 28.4 Å². The molecule has 0 saturated carbocycles. The van der Waals surface area contributed by atoms with E-state index in [1.165, 1.54) is 20.2 Å². The highest BCUT2D eigenvalue weighted by atomic mass is 32.1. The second kappa shape index (κ2) is 8.46. The zero-order valence-corrected chi connectivity index (χ0v) is 21.5. The summed E-state index contributed by atoms with van der Waals surface area (Å²) in [7, 11) is 0. The number of rotatable bonds is 2. The maximum Gasteiger partial charge on any atom is 0.0991 e. The van der Waals surface area contributed by atoms with Gasteiger partial charge in [-0.15, -0.1) is 11.3 Å². The predicted molar refractivity (Wildman–Crippen MR) is 163 cm³/mol. The number of nitriles is 1. The number of aromatic nitrogens is 2. The zero-order valence-electron chi connectivity index (χ0n) is 20.7. The lowest BCUT2D eigenvalue weighted by atomic mass is 9.97. The van der Waals surface area contributed by atoms with Crippen molar-refractivity contribution in [1.82, 2.24) is 9.97 Å². The lowest BCUT2D eigenvalue weighted by Crippen LogP contribution is -1.93. The lowest BCUT2D eigenvalue weighted by Gasteiger charge is -2.12. The number of pyridine rings is 2. The van der Waals surface area contributed by atoms with Gasteiger partial charge in [0.1, 0.15) is 0 Å². The highest BCUT2D eigenvalue weighted by Gasteiger charge is 2.15. The van der Waals surface area contributed by atoms with E-state index in [-0.39, 0.29) is 0 Å². The van der Waals surface area contributed by atoms with Crippen molar-refractivity contribution in [2.75, 3.05) is 0 Å². The van der Waals surface area contributed by atoms with Crippen LogP contribution in [0, 0.1) is 11.3 Å². The summed E-state index contributed by atoms with van der Waals surface area (Å²) in [5, 5.41) is 16.3. The summed E-state index contributed by atoms with van der Waals surface area (Å²) in [6.45, 7) is 0. The Morgan fingerprint density at radius 3 is 2.15 bits per heavy atom. The van der Waals surface area contributed by atoms with E-state index in [1.54, 1.807) is 11.3 Å². The molecule has 8 rings (SSSR count). The Morgan fingerprint density at radius 2 is 1.31 bits per heavy atom. The van der Waals surface area contributed by atoms with Gasteiger partial charge in [0.15, 0.2) is 0 Å². The molecule has 0 N–H and O–H groups in total. The molecule has 0 atom stereocenters. The molecule has 39 heavy (non-hydrogen) atoms. The highest BCUT2D eigenvalue weighted by Crippen LogP contribution is 2.38. The van der Waals surface area contributed by atoms with Crippen molar-refractivity contribution in [3.8, 4) is 28.5 Å². The molecule has 5 aromatic carbocycles. The van der Waals surface area contributed by atoms with Gasteiger partial charge in [-0.3, -0.25) is 4.98 Å². The first-order chi connectivity index (χ1) is 19.3. The molecule has 0 radical (unpaired) electrons. The van der Waals surface area contributed by atoms with Crippen LogP contribution in [-0.4, -0.2) is 9.97 Å². The van der Waals surface area contributed by atoms with Gasteiger partial charge in [-0.1, -0.05) is 72.8 Å². The molecule has 3 heterocycles. The zero-order chi connectivity index (χ0) is 25.9. The molecule has 4 heteroatoms. The first-order valence-electron chi connectivity index (χ1n) is 12.8. The molecule has 3 aromatic heterocycles. The van der Waals surface area contributed by atoms with Crippen molar-refractivity contribution >= 4 is 64.1 Å². The van der Waals surface area contributed by atoms with Gasteiger partial charge in [-0.25, -0.2) is 4.98 Å². The normalized spacial score (nSPS) is 11.6. The van der Waals surface area contributed by atoms with Gasteiger partial charge >= 0.3 is 0 Å². The van der Waals surface area contributed by atoms with Crippen molar-refractivity contribution in [3.05, 3.63) is 121 Å². The Balaban J connectivity index is 1.29. The molecular formula is C35H19N3S. The molecule has 0 unspecified atom stereocenters. The summed E-state index contributed by atoms with van der Waals surface area (Å²) in [4.78, 5) is 9.98. The third-order valence-electron chi connectivity index (χ3n) is 7.52. The Labute approximate surface area is 228 Å². The number of para-hydroxylation sites is 1. The molecule has 0 aliphatic rings. The van der Waals surface area contributed by atoms with Crippen LogP contribution < -0.4 is 0 Å². The topological polar surface area (TPSA) is 49.6 Å². The lowest BCUT2D eigenvalue weighted by molar-refractivity contribution is 1.37. The van der Waals surface area contributed by atoms with Crippen molar-refractivity contribution < 1.29 is 0 Å². The standard InChI is InChI=1S/C35H19N3S/c36-19-21-9-15-31-28(17-21)29-18-24(14-16-32(29)39-31)22-10-12-23(13-11-22)34-35-33(27-7-3-4-8-30(27)38-34)26-6-2-1-5-25(26)20-37-35/h1-18,20H. The first kappa shape index (κ1) is 21.9. The second-order valence-electron chi connectivity index (χ2n) is 9.76. The average molecular weight is 514 g/mol. The Morgan fingerprint density at radius 1 is 0.615 bits per heavy atom. The molecule has 180 valence electrons. The molecule has 0 saturated heterocycles. The molecule has 0 spiro atoms. The Kier molecular flexibility index (Phi) is 4.75. The monoisotopic (exact) mass is 513 g/mol. The Hall–Kier alpha value is -5.11. The third-order valence-corrected chi connectivity index (χ3v) is 8.67. The average Bonchev–Trinajstić information content (AvgIpc) is 3.37. The van der Waals surface area contributed by atoms with Crippen LogP contribution in [0.1, 0.15) is 5.56 Å². The number of hydrogen-bond donors (Lipinski definition) is 0. The molecule has 0 aliphatic heterocycles. The Bertz CT molecular complexity index is 2270. The van der Waals surface area contributed by atoms with Crippen molar-refractivity contribution in [3.63, 3.8) is 0 Å². The van der Waals surface area contributed by atoms with E-state index in [4.69, 9.17) is 9.97 Å². The summed E-state index contributed by atoms with van der Waals surface area (Å²) in [5.41, 5.74) is 6.79. The quantitative estimate of drug-likeness (QED) is 0.216. The van der Waals surface area contributed by atoms with Gasteiger partial charge in [0.2, 0.25) is 0 Å². The summed E-state index contributed by atoms with van der Waals surface area (Å²) < 4.78 is 2.43. The van der Waals surface area contributed by atoms with Crippen molar-refractivity contribution in [2.24, 2.45) is 0 Å². The first-order valence-corrected chi connectivity index (χ1v) is 13.6. The summed E-state index contributed by atoms with van der Waals surface area (Å²) in [5.74, 6) is 0. The van der Waals surface area contributed by atoms with Crippen LogP contribution >= 0.6 is 11.3 Å². The highest BCUT2D eigenvalue weighted by molar-refractivity contribution is 7.25. The summed E-state index contributed by atoms with van der Waals surface area (Å²) in [6, 6.07) is 40.1. The van der Waals surface area contributed by atoms with E-state index in [0.717, 1.165) is 55.0 Å². The largest absolute Gasteiger partial charge is 0.253 e. The van der Waals surface area contributed by atoms with E-state index in [1.807, 2.05) is 30.5 Å². The third kappa shape index (κ3) is 3.41. The maximum atomic E-state index is 9.38. The number of benzene rings is 5. The van der Waals surface area contributed by atoms with Crippen molar-refractivity contribution in [1.29, 1.82) is 5.26 Å². The SMILES string of the molecule is N#Cc1ccc2sc3ccc(-c4ccc(-c5nc6ccccc6c6c5ncc5ccccc56)cc4)cc3c2c1. The van der Waals surface area contributed by atoms with E-state index in [2.05, 4.69) is 91.0 Å². The predicted octanol–water partition coefficient (Wildman–Crippen LogP) is 9.51. The van der Waals surface area contributed by atoms with Gasteiger partial charge in [-0.05, 0) is 52.9 Å². The molecule has 0 bridgehead atoms. The second-order valence-corrected chi connectivity index (χ2v) is 10.8. The molecule has 0 amide bonds. The van der Waals surface area contributed by atoms with Crippen LogP contribution in [0.25, 0.3) is 75.1 Å². The van der Waals surface area contributed by atoms with Gasteiger partial charge in [-0.2, -0.15) is 5.26 Å². The van der Waals surface area contributed by atoms with Crippen LogP contribution in [0.3, 0.4) is 0 Å². The number of thiophene rings is 1. The van der Waals surface area contributed by atoms with Crippen LogP contribution in [0.2, 0.25) is 0 Å². The smallest absolute Gasteiger partial charge is 0.0991 e. The number of nitrogens with zero attached hydrogens (tertiary/aromatic N) is 3. The summed E-state index contributed by atoms with van der Waals surface area (Å²) >= 11 is 1.76. The van der Waals surface area contributed by atoms with E-state index in [0.29, 0.717) is 5.56 Å². The molecule has 0 fully saturated rings. The van der Waals surface area contributed by atoms with Crippen LogP contribution in [0.4, 0.5) is 0 Å². The molecular weight excluding hydrogens is 494 g/mol. The maximum absolute atomic E-state index is 9.38. The minimum absolute atomic E-state index is 0.688. The minimum atomic E-state index is 0.688. The van der Waals surface area contributed by atoms with E-state index in [9.17, 15) is 5.26 Å². The van der Waals surface area contributed by atoms with Gasteiger partial charge in [0, 0.05) is 48.1 Å². The van der Waals surface area contributed by atoms with Crippen LogP contribution in [-0.2, 0) is 0 Å². The fourth-order valence-electron chi connectivity index (χ4n) is 5.62. The van der Waals surface area contributed by atoms with Gasteiger partial charge < -0.3 is 0 Å². The fraction of sp³-hybridized carbons (Fsp3) is 0. The summed E-state index contributed by atoms with van der Waals surface area (Å²) in [6.07, 6.45) is 1.95. The van der Waals surface area contributed by atoms with Crippen LogP contribution in [0.5, 0.6) is 0 Å². The fourth-order valence-corrected chi connectivity index (χ4v) is 6.69. The molecule has 8 aromatic rings. The van der Waals surface area contributed by atoms with E-state index < -0.39 is 0 Å². The number of hydrogen-bond acceptors (Lipinski definition) is 4. The van der Waals surface area contributed by atoms with Crippen LogP contribution in [0.15, 0.2) is 115 Å². The van der Waals surface area contributed by atoms with E-state index >= 15 is 0 Å².